The van der Waals surface area contributed by atoms with Crippen LogP contribution in [0, 0.1) is 5.92 Å². The molecule has 0 aliphatic rings. The van der Waals surface area contributed by atoms with Crippen LogP contribution in [0.1, 0.15) is 27.7 Å². The molecular weight excluding hydrogens is 272 g/mol. The Labute approximate surface area is 124 Å². The van der Waals surface area contributed by atoms with Gasteiger partial charge in [0, 0.05) is 23.5 Å². The van der Waals surface area contributed by atoms with Gasteiger partial charge >= 0.3 is 0 Å². The molecule has 1 aromatic carbocycles. The van der Waals surface area contributed by atoms with E-state index in [1.807, 2.05) is 31.2 Å². The predicted molar refractivity (Wildman–Crippen MR) is 83.9 cm³/mol. The molecule has 1 rings (SSSR count). The summed E-state index contributed by atoms with van der Waals surface area (Å²) in [6, 6.07) is 7.64. The van der Waals surface area contributed by atoms with Crippen molar-refractivity contribution in [1.29, 1.82) is 0 Å². The largest absolute Gasteiger partial charge is 0.353 e. The summed E-state index contributed by atoms with van der Waals surface area (Å²) in [7, 11) is 0. The molecule has 0 heterocycles. The van der Waals surface area contributed by atoms with Crippen LogP contribution >= 0.6 is 11.8 Å². The van der Waals surface area contributed by atoms with E-state index in [9.17, 15) is 9.59 Å². The van der Waals surface area contributed by atoms with Crippen LogP contribution in [-0.4, -0.2) is 23.6 Å². The zero-order chi connectivity index (χ0) is 15.1. The molecule has 1 aromatic rings. The van der Waals surface area contributed by atoms with Crippen molar-refractivity contribution in [1.82, 2.24) is 5.32 Å². The molecule has 0 bridgehead atoms. The fourth-order valence-electron chi connectivity index (χ4n) is 1.45. The predicted octanol–water partition coefficient (Wildman–Crippen LogP) is 2.90. The topological polar surface area (TPSA) is 58.2 Å². The molecule has 2 amide bonds. The highest BCUT2D eigenvalue weighted by Crippen LogP contribution is 2.20. The van der Waals surface area contributed by atoms with E-state index in [4.69, 9.17) is 0 Å². The minimum absolute atomic E-state index is 0.0436. The molecule has 0 aromatic heterocycles. The zero-order valence-electron chi connectivity index (χ0n) is 12.4. The fourth-order valence-corrected chi connectivity index (χ4v) is 2.16. The second-order valence-corrected chi connectivity index (χ2v) is 6.14. The van der Waals surface area contributed by atoms with E-state index >= 15 is 0 Å². The van der Waals surface area contributed by atoms with Crippen LogP contribution < -0.4 is 10.6 Å². The van der Waals surface area contributed by atoms with Crippen LogP contribution in [0.2, 0.25) is 0 Å². The summed E-state index contributed by atoms with van der Waals surface area (Å²) in [5, 5.41) is 5.68. The normalized spacial score (nSPS) is 12.1. The molecular formula is C15H22N2O2S. The van der Waals surface area contributed by atoms with Crippen molar-refractivity contribution < 1.29 is 9.59 Å². The number of rotatable bonds is 6. The van der Waals surface area contributed by atoms with Gasteiger partial charge in [0.1, 0.15) is 0 Å². The van der Waals surface area contributed by atoms with Crippen molar-refractivity contribution in [2.24, 2.45) is 5.92 Å². The van der Waals surface area contributed by atoms with Crippen molar-refractivity contribution in [3.8, 4) is 0 Å². The molecule has 0 aliphatic heterocycles. The average molecular weight is 294 g/mol. The third-order valence-corrected chi connectivity index (χ3v) is 3.95. The molecule has 0 aliphatic carbocycles. The third kappa shape index (κ3) is 6.10. The van der Waals surface area contributed by atoms with E-state index in [2.05, 4.69) is 24.5 Å². The summed E-state index contributed by atoms with van der Waals surface area (Å²) < 4.78 is 0. The lowest BCUT2D eigenvalue weighted by molar-refractivity contribution is -0.119. The molecule has 20 heavy (non-hydrogen) atoms. The summed E-state index contributed by atoms with van der Waals surface area (Å²) in [4.78, 5) is 23.7. The SMILES string of the molecule is CC(=O)Nc1ccc(SCC(=O)N[C@H](C)C(C)C)cc1. The fraction of sp³-hybridized carbons (Fsp3) is 0.467. The second kappa shape index (κ2) is 7.94. The van der Waals surface area contributed by atoms with Crippen molar-refractivity contribution in [2.75, 3.05) is 11.1 Å². The van der Waals surface area contributed by atoms with Gasteiger partial charge in [-0.25, -0.2) is 0 Å². The van der Waals surface area contributed by atoms with Gasteiger partial charge in [0.25, 0.3) is 0 Å². The maximum Gasteiger partial charge on any atom is 0.230 e. The second-order valence-electron chi connectivity index (χ2n) is 5.09. The Hall–Kier alpha value is -1.49. The summed E-state index contributed by atoms with van der Waals surface area (Å²) in [6.07, 6.45) is 0. The Kier molecular flexibility index (Phi) is 6.58. The first kappa shape index (κ1) is 16.6. The van der Waals surface area contributed by atoms with E-state index < -0.39 is 0 Å². The summed E-state index contributed by atoms with van der Waals surface area (Å²) >= 11 is 1.49. The number of nitrogens with one attached hydrogen (secondary N) is 2. The maximum absolute atomic E-state index is 11.8. The molecule has 4 nitrogen and oxygen atoms in total. The average Bonchev–Trinajstić information content (AvgIpc) is 2.37. The lowest BCUT2D eigenvalue weighted by Crippen LogP contribution is -2.37. The van der Waals surface area contributed by atoms with Gasteiger partial charge in [0.15, 0.2) is 0 Å². The smallest absolute Gasteiger partial charge is 0.230 e. The first-order valence-electron chi connectivity index (χ1n) is 6.68. The molecule has 0 saturated heterocycles. The maximum atomic E-state index is 11.8. The minimum Gasteiger partial charge on any atom is -0.353 e. The van der Waals surface area contributed by atoms with E-state index in [-0.39, 0.29) is 17.9 Å². The Bertz CT molecular complexity index is 457. The molecule has 5 heteroatoms. The van der Waals surface area contributed by atoms with Crippen LogP contribution in [-0.2, 0) is 9.59 Å². The molecule has 0 radical (unpaired) electrons. The molecule has 1 atom stereocenters. The van der Waals surface area contributed by atoms with Crippen molar-refractivity contribution in [2.45, 2.75) is 38.6 Å². The van der Waals surface area contributed by atoms with E-state index in [1.165, 1.54) is 18.7 Å². The summed E-state index contributed by atoms with van der Waals surface area (Å²) in [5.41, 5.74) is 0.764. The first-order valence-corrected chi connectivity index (χ1v) is 7.67. The lowest BCUT2D eigenvalue weighted by Gasteiger charge is -2.17. The number of anilines is 1. The number of carbonyl (C=O) groups excluding carboxylic acids is 2. The molecule has 2 N–H and O–H groups in total. The number of carbonyl (C=O) groups is 2. The van der Waals surface area contributed by atoms with E-state index in [1.54, 1.807) is 0 Å². The third-order valence-electron chi connectivity index (χ3n) is 2.93. The van der Waals surface area contributed by atoms with Crippen LogP contribution in [0.5, 0.6) is 0 Å². The molecule has 0 unspecified atom stereocenters. The van der Waals surface area contributed by atoms with Crippen molar-refractivity contribution >= 4 is 29.3 Å². The highest BCUT2D eigenvalue weighted by atomic mass is 32.2. The summed E-state index contributed by atoms with van der Waals surface area (Å²) in [6.45, 7) is 7.65. The number of hydrogen-bond donors (Lipinski definition) is 2. The van der Waals surface area contributed by atoms with Gasteiger partial charge in [-0.3, -0.25) is 9.59 Å². The lowest BCUT2D eigenvalue weighted by atomic mass is 10.1. The van der Waals surface area contributed by atoms with E-state index in [0.717, 1.165) is 10.6 Å². The van der Waals surface area contributed by atoms with Crippen LogP contribution in [0.25, 0.3) is 0 Å². The number of amides is 2. The summed E-state index contributed by atoms with van der Waals surface area (Å²) in [5.74, 6) is 0.784. The zero-order valence-corrected chi connectivity index (χ0v) is 13.2. The van der Waals surface area contributed by atoms with Gasteiger partial charge in [-0.1, -0.05) is 13.8 Å². The van der Waals surface area contributed by atoms with Gasteiger partial charge < -0.3 is 10.6 Å². The van der Waals surface area contributed by atoms with Gasteiger partial charge in [-0.05, 0) is 37.1 Å². The molecule has 0 saturated carbocycles. The minimum atomic E-state index is -0.0903. The number of thioether (sulfide) groups is 1. The Morgan fingerprint density at radius 2 is 1.75 bits per heavy atom. The van der Waals surface area contributed by atoms with Crippen LogP contribution in [0.3, 0.4) is 0 Å². The Balaban J connectivity index is 2.42. The molecule has 110 valence electrons. The van der Waals surface area contributed by atoms with Crippen LogP contribution in [0.4, 0.5) is 5.69 Å². The quantitative estimate of drug-likeness (QED) is 0.793. The number of benzene rings is 1. The van der Waals surface area contributed by atoms with Gasteiger partial charge in [-0.2, -0.15) is 0 Å². The highest BCUT2D eigenvalue weighted by Gasteiger charge is 2.10. The molecule has 0 fully saturated rings. The standard InChI is InChI=1S/C15H22N2O2S/c1-10(2)11(3)16-15(19)9-20-14-7-5-13(6-8-14)17-12(4)18/h5-8,10-11H,9H2,1-4H3,(H,16,19)(H,17,18)/t11-/m1/s1. The Morgan fingerprint density at radius 1 is 1.15 bits per heavy atom. The first-order chi connectivity index (χ1) is 9.38. The highest BCUT2D eigenvalue weighted by molar-refractivity contribution is 8.00. The van der Waals surface area contributed by atoms with E-state index in [0.29, 0.717) is 11.7 Å². The number of hydrogen-bond acceptors (Lipinski definition) is 3. The van der Waals surface area contributed by atoms with Crippen molar-refractivity contribution in [3.63, 3.8) is 0 Å². The van der Waals surface area contributed by atoms with Gasteiger partial charge in [0.2, 0.25) is 11.8 Å². The molecule has 0 spiro atoms. The van der Waals surface area contributed by atoms with Gasteiger partial charge in [0.05, 0.1) is 5.75 Å². The van der Waals surface area contributed by atoms with Crippen LogP contribution in [0.15, 0.2) is 29.2 Å². The Morgan fingerprint density at radius 3 is 2.25 bits per heavy atom. The monoisotopic (exact) mass is 294 g/mol. The van der Waals surface area contributed by atoms with Crippen molar-refractivity contribution in [3.05, 3.63) is 24.3 Å². The van der Waals surface area contributed by atoms with Gasteiger partial charge in [-0.15, -0.1) is 11.8 Å².